The summed E-state index contributed by atoms with van der Waals surface area (Å²) in [6.07, 6.45) is 9.36. The Labute approximate surface area is 192 Å². The van der Waals surface area contributed by atoms with E-state index in [0.29, 0.717) is 32.1 Å². The zero-order chi connectivity index (χ0) is 21.4. The fourth-order valence-corrected chi connectivity index (χ4v) is 6.36. The highest BCUT2D eigenvalue weighted by Gasteiger charge is 2.39. The molecule has 29 heavy (non-hydrogen) atoms. The lowest BCUT2D eigenvalue weighted by Gasteiger charge is -2.19. The van der Waals surface area contributed by atoms with Crippen molar-refractivity contribution in [3.8, 4) is 0 Å². The quantitative estimate of drug-likeness (QED) is 0.236. The molecule has 0 aliphatic heterocycles. The molecule has 8 heteroatoms. The van der Waals surface area contributed by atoms with E-state index in [1.54, 1.807) is 17.4 Å². The molecular formula is C21H28Br2O5S. The number of aliphatic hydroxyl groups excluding tert-OH is 3. The van der Waals surface area contributed by atoms with E-state index in [0.717, 1.165) is 14.7 Å². The van der Waals surface area contributed by atoms with E-state index in [9.17, 15) is 20.1 Å². The maximum Gasteiger partial charge on any atom is 0.303 e. The number of rotatable bonds is 11. The molecule has 1 heterocycles. The van der Waals surface area contributed by atoms with Crippen molar-refractivity contribution in [3.05, 3.63) is 43.5 Å². The van der Waals surface area contributed by atoms with Gasteiger partial charge < -0.3 is 20.4 Å². The van der Waals surface area contributed by atoms with Gasteiger partial charge >= 0.3 is 5.97 Å². The standard InChI is InChI=1S/C21H28Br2O5S/c22-16-11-20(23)29-19(16)10-8-13(24)7-9-15-14(17(25)12-18(15)26)5-3-1-2-4-6-21(27)28/h1,3,7,9,11,13-15,17-18,24-26H,2,4-6,8,10,12H2,(H,27,28)/b3-1+,9-7+. The molecule has 1 aromatic rings. The van der Waals surface area contributed by atoms with Crippen molar-refractivity contribution in [1.29, 1.82) is 0 Å². The third kappa shape index (κ3) is 8.26. The zero-order valence-corrected chi connectivity index (χ0v) is 20.1. The highest BCUT2D eigenvalue weighted by Crippen LogP contribution is 2.36. The summed E-state index contributed by atoms with van der Waals surface area (Å²) in [5.41, 5.74) is 0. The van der Waals surface area contributed by atoms with E-state index in [4.69, 9.17) is 5.11 Å². The first-order chi connectivity index (χ1) is 13.8. The number of hydrogen-bond donors (Lipinski definition) is 4. The zero-order valence-electron chi connectivity index (χ0n) is 16.1. The summed E-state index contributed by atoms with van der Waals surface area (Å²) in [4.78, 5) is 11.7. The van der Waals surface area contributed by atoms with Crippen molar-refractivity contribution < 1.29 is 25.2 Å². The minimum Gasteiger partial charge on any atom is -0.481 e. The second-order valence-corrected chi connectivity index (χ2v) is 10.8. The predicted molar refractivity (Wildman–Crippen MR) is 122 cm³/mol. The molecule has 5 atom stereocenters. The van der Waals surface area contributed by atoms with E-state index < -0.39 is 24.3 Å². The SMILES string of the molecule is O=C(O)CCC/C=C/CC1C(O)CC(O)C1/C=C/C(O)CCc1sc(Br)cc1Br. The molecule has 4 N–H and O–H groups in total. The van der Waals surface area contributed by atoms with Crippen molar-refractivity contribution in [3.63, 3.8) is 0 Å². The van der Waals surface area contributed by atoms with Gasteiger partial charge in [-0.1, -0.05) is 24.3 Å². The van der Waals surface area contributed by atoms with E-state index in [1.165, 1.54) is 4.88 Å². The van der Waals surface area contributed by atoms with Crippen LogP contribution in [0.3, 0.4) is 0 Å². The van der Waals surface area contributed by atoms with Crippen LogP contribution in [0.4, 0.5) is 0 Å². The Morgan fingerprint density at radius 3 is 2.69 bits per heavy atom. The molecule has 2 rings (SSSR count). The van der Waals surface area contributed by atoms with Crippen molar-refractivity contribution in [2.75, 3.05) is 0 Å². The summed E-state index contributed by atoms with van der Waals surface area (Å²) in [7, 11) is 0. The number of carboxylic acid groups (broad SMARTS) is 1. The minimum absolute atomic E-state index is 0.105. The molecule has 0 aromatic carbocycles. The van der Waals surface area contributed by atoms with Crippen LogP contribution in [0, 0.1) is 11.8 Å². The van der Waals surface area contributed by atoms with Gasteiger partial charge in [-0.15, -0.1) is 11.3 Å². The lowest BCUT2D eigenvalue weighted by Crippen LogP contribution is -2.20. The monoisotopic (exact) mass is 550 g/mol. The molecule has 162 valence electrons. The summed E-state index contributed by atoms with van der Waals surface area (Å²) in [6, 6.07) is 2.00. The Bertz CT molecular complexity index is 718. The van der Waals surface area contributed by atoms with Crippen LogP contribution >= 0.6 is 43.2 Å². The lowest BCUT2D eigenvalue weighted by molar-refractivity contribution is -0.137. The van der Waals surface area contributed by atoms with Crippen LogP contribution < -0.4 is 0 Å². The summed E-state index contributed by atoms with van der Waals surface area (Å²) in [5.74, 6) is -1.10. The first-order valence-electron chi connectivity index (χ1n) is 9.81. The van der Waals surface area contributed by atoms with Crippen LogP contribution in [0.15, 0.2) is 38.6 Å². The van der Waals surface area contributed by atoms with Gasteiger partial charge in [0.2, 0.25) is 0 Å². The molecule has 5 unspecified atom stereocenters. The average Bonchev–Trinajstić information content (AvgIpc) is 3.11. The molecule has 0 saturated heterocycles. The number of allylic oxidation sites excluding steroid dienone is 2. The molecule has 1 fully saturated rings. The molecule has 0 bridgehead atoms. The molecule has 1 saturated carbocycles. The lowest BCUT2D eigenvalue weighted by atomic mass is 9.89. The fourth-order valence-electron chi connectivity index (χ4n) is 3.63. The number of aliphatic hydroxyl groups is 3. The fraction of sp³-hybridized carbons (Fsp3) is 0.571. The van der Waals surface area contributed by atoms with Crippen LogP contribution in [-0.4, -0.2) is 44.7 Å². The van der Waals surface area contributed by atoms with Crippen LogP contribution in [0.25, 0.3) is 0 Å². The number of hydrogen-bond acceptors (Lipinski definition) is 5. The average molecular weight is 552 g/mol. The van der Waals surface area contributed by atoms with E-state index in [1.807, 2.05) is 24.3 Å². The topological polar surface area (TPSA) is 98.0 Å². The summed E-state index contributed by atoms with van der Waals surface area (Å²) in [6.45, 7) is 0. The minimum atomic E-state index is -0.796. The van der Waals surface area contributed by atoms with Crippen molar-refractivity contribution in [2.45, 2.75) is 63.3 Å². The van der Waals surface area contributed by atoms with Gasteiger partial charge in [-0.3, -0.25) is 4.79 Å². The van der Waals surface area contributed by atoms with Crippen molar-refractivity contribution in [1.82, 2.24) is 0 Å². The molecule has 1 aromatic heterocycles. The Balaban J connectivity index is 1.84. The Kier molecular flexibility index (Phi) is 10.6. The third-order valence-electron chi connectivity index (χ3n) is 5.20. The molecule has 5 nitrogen and oxygen atoms in total. The van der Waals surface area contributed by atoms with Gasteiger partial charge in [0, 0.05) is 28.1 Å². The maximum atomic E-state index is 10.5. The van der Waals surface area contributed by atoms with Gasteiger partial charge in [-0.2, -0.15) is 0 Å². The van der Waals surface area contributed by atoms with Gasteiger partial charge in [-0.25, -0.2) is 0 Å². The van der Waals surface area contributed by atoms with Crippen molar-refractivity contribution >= 4 is 49.2 Å². The second-order valence-electron chi connectivity index (χ2n) is 7.42. The molecule has 1 aliphatic rings. The van der Waals surface area contributed by atoms with Gasteiger partial charge in [0.25, 0.3) is 0 Å². The number of unbranched alkanes of at least 4 members (excludes halogenated alkanes) is 1. The smallest absolute Gasteiger partial charge is 0.303 e. The van der Waals surface area contributed by atoms with Gasteiger partial charge in [0.05, 0.1) is 22.1 Å². The molecule has 0 amide bonds. The van der Waals surface area contributed by atoms with Gasteiger partial charge in [0.15, 0.2) is 0 Å². The number of aliphatic carboxylic acids is 1. The predicted octanol–water partition coefficient (Wildman–Crippen LogP) is 4.68. The number of aryl methyl sites for hydroxylation is 1. The number of halogens is 2. The van der Waals surface area contributed by atoms with E-state index in [2.05, 4.69) is 31.9 Å². The number of carboxylic acids is 1. The number of thiophene rings is 1. The number of carbonyl (C=O) groups is 1. The van der Waals surface area contributed by atoms with Crippen molar-refractivity contribution in [2.24, 2.45) is 11.8 Å². The third-order valence-corrected chi connectivity index (χ3v) is 7.87. The Hall–Kier alpha value is -0.510. The maximum absolute atomic E-state index is 10.5. The molecule has 0 spiro atoms. The first-order valence-corrected chi connectivity index (χ1v) is 12.2. The van der Waals surface area contributed by atoms with Gasteiger partial charge in [0.1, 0.15) is 0 Å². The molecule has 1 aliphatic carbocycles. The van der Waals surface area contributed by atoms with Gasteiger partial charge in [-0.05, 0) is 75.9 Å². The summed E-state index contributed by atoms with van der Waals surface area (Å²) in [5, 5.41) is 39.5. The van der Waals surface area contributed by atoms with E-state index in [-0.39, 0.29) is 18.3 Å². The van der Waals surface area contributed by atoms with Crippen LogP contribution in [0.5, 0.6) is 0 Å². The highest BCUT2D eigenvalue weighted by atomic mass is 79.9. The normalized spacial score (nSPS) is 26.0. The Morgan fingerprint density at radius 2 is 2.03 bits per heavy atom. The van der Waals surface area contributed by atoms with E-state index >= 15 is 0 Å². The molecular weight excluding hydrogens is 524 g/mol. The second kappa shape index (κ2) is 12.4. The van der Waals surface area contributed by atoms with Crippen LogP contribution in [0.2, 0.25) is 0 Å². The first kappa shape index (κ1) is 24.8. The molecule has 0 radical (unpaired) electrons. The Morgan fingerprint density at radius 1 is 1.28 bits per heavy atom. The van der Waals surface area contributed by atoms with Crippen LogP contribution in [-0.2, 0) is 11.2 Å². The largest absolute Gasteiger partial charge is 0.481 e. The summed E-state index contributed by atoms with van der Waals surface area (Å²) >= 11 is 8.61. The van der Waals surface area contributed by atoms with Crippen LogP contribution in [0.1, 0.15) is 43.4 Å². The summed E-state index contributed by atoms with van der Waals surface area (Å²) < 4.78 is 2.08. The highest BCUT2D eigenvalue weighted by molar-refractivity contribution is 9.11.